The molecule has 88 valence electrons. The maximum absolute atomic E-state index is 10.1. The first-order valence-corrected chi connectivity index (χ1v) is 5.60. The quantitative estimate of drug-likeness (QED) is 0.454. The van der Waals surface area contributed by atoms with Crippen LogP contribution >= 0.6 is 7.82 Å². The minimum Gasteiger partial charge on any atom is -0.478 e. The molecule has 1 aromatic rings. The molecule has 0 aliphatic carbocycles. The van der Waals surface area contributed by atoms with Crippen LogP contribution in [0.4, 0.5) is 0 Å². The summed E-state index contributed by atoms with van der Waals surface area (Å²) >= 11 is 0. The van der Waals surface area contributed by atoms with Crippen LogP contribution in [-0.2, 0) is 9.36 Å². The van der Waals surface area contributed by atoms with Gasteiger partial charge in [-0.3, -0.25) is 0 Å². The SMILES string of the molecule is O=C(O)C=Cc1ccccc1.O=P(O)(O)O. The number of benzene rings is 1. The lowest BCUT2D eigenvalue weighted by molar-refractivity contribution is -0.131. The van der Waals surface area contributed by atoms with E-state index < -0.39 is 13.8 Å². The standard InChI is InChI=1S/C9H8O2.H3O4P/c10-9(11)7-6-8-4-2-1-3-5-8;1-5(2,3)4/h1-7H,(H,10,11);(H3,1,2,3,4). The number of hydrogen-bond donors (Lipinski definition) is 4. The number of carbonyl (C=O) groups is 1. The Bertz CT molecular complexity index is 385. The zero-order valence-corrected chi connectivity index (χ0v) is 8.99. The lowest BCUT2D eigenvalue weighted by Gasteiger charge is -1.87. The van der Waals surface area contributed by atoms with Gasteiger partial charge in [-0.05, 0) is 11.6 Å². The molecular weight excluding hydrogens is 235 g/mol. The Morgan fingerprint density at radius 3 is 1.94 bits per heavy atom. The molecule has 0 saturated carbocycles. The largest absolute Gasteiger partial charge is 0.478 e. The molecule has 0 spiro atoms. The minimum absolute atomic E-state index is 0.898. The predicted molar refractivity (Wildman–Crippen MR) is 57.4 cm³/mol. The van der Waals surface area contributed by atoms with Crippen LogP contribution in [0.2, 0.25) is 0 Å². The fourth-order valence-corrected chi connectivity index (χ4v) is 0.732. The molecule has 0 bridgehead atoms. The third-order valence-corrected chi connectivity index (χ3v) is 1.22. The van der Waals surface area contributed by atoms with Gasteiger partial charge in [-0.25, -0.2) is 9.36 Å². The average molecular weight is 246 g/mol. The van der Waals surface area contributed by atoms with E-state index in [9.17, 15) is 4.79 Å². The van der Waals surface area contributed by atoms with E-state index >= 15 is 0 Å². The van der Waals surface area contributed by atoms with E-state index in [-0.39, 0.29) is 0 Å². The molecule has 1 aromatic carbocycles. The summed E-state index contributed by atoms with van der Waals surface area (Å²) in [5.41, 5.74) is 0.898. The van der Waals surface area contributed by atoms with Crippen molar-refractivity contribution in [2.24, 2.45) is 0 Å². The molecule has 0 heterocycles. The summed E-state index contributed by atoms with van der Waals surface area (Å²) in [5, 5.41) is 8.29. The summed E-state index contributed by atoms with van der Waals surface area (Å²) in [7, 11) is -4.64. The molecule has 0 radical (unpaired) electrons. The van der Waals surface area contributed by atoms with E-state index in [1.54, 1.807) is 6.08 Å². The molecule has 4 N–H and O–H groups in total. The Balaban J connectivity index is 0.000000385. The summed E-state index contributed by atoms with van der Waals surface area (Å²) in [5.74, 6) is -0.922. The van der Waals surface area contributed by atoms with Gasteiger partial charge in [0.25, 0.3) is 0 Å². The van der Waals surface area contributed by atoms with Gasteiger partial charge in [0.15, 0.2) is 0 Å². The Morgan fingerprint density at radius 1 is 1.12 bits per heavy atom. The van der Waals surface area contributed by atoms with Crippen molar-refractivity contribution in [1.29, 1.82) is 0 Å². The van der Waals surface area contributed by atoms with Crippen molar-refractivity contribution in [3.05, 3.63) is 42.0 Å². The molecule has 7 heteroatoms. The number of hydrogen-bond acceptors (Lipinski definition) is 2. The van der Waals surface area contributed by atoms with Crippen molar-refractivity contribution in [2.45, 2.75) is 0 Å². The van der Waals surface area contributed by atoms with Crippen LogP contribution in [0.25, 0.3) is 6.08 Å². The van der Waals surface area contributed by atoms with Gasteiger partial charge >= 0.3 is 13.8 Å². The Labute approximate surface area is 91.7 Å². The molecule has 1 rings (SSSR count). The summed E-state index contributed by atoms with van der Waals surface area (Å²) in [6, 6.07) is 9.31. The molecule has 0 saturated heterocycles. The molecule has 0 amide bonds. The monoisotopic (exact) mass is 246 g/mol. The van der Waals surface area contributed by atoms with Gasteiger partial charge in [0.05, 0.1) is 0 Å². The Kier molecular flexibility index (Phi) is 6.29. The Morgan fingerprint density at radius 2 is 1.56 bits per heavy atom. The lowest BCUT2D eigenvalue weighted by atomic mass is 10.2. The molecule has 0 unspecified atom stereocenters. The highest BCUT2D eigenvalue weighted by Gasteiger charge is 2.00. The first-order valence-electron chi connectivity index (χ1n) is 4.03. The van der Waals surface area contributed by atoms with E-state index in [1.807, 2.05) is 30.3 Å². The van der Waals surface area contributed by atoms with Crippen LogP contribution in [0, 0.1) is 0 Å². The van der Waals surface area contributed by atoms with Gasteiger partial charge in [-0.15, -0.1) is 0 Å². The summed E-state index contributed by atoms with van der Waals surface area (Å²) < 4.78 is 8.88. The molecule has 0 atom stereocenters. The number of rotatable bonds is 2. The van der Waals surface area contributed by atoms with Crippen LogP contribution < -0.4 is 0 Å². The van der Waals surface area contributed by atoms with Gasteiger partial charge in [0.2, 0.25) is 0 Å². The van der Waals surface area contributed by atoms with Crippen molar-refractivity contribution in [3.63, 3.8) is 0 Å². The van der Waals surface area contributed by atoms with Crippen molar-refractivity contribution < 1.29 is 29.1 Å². The molecule has 0 aliphatic rings. The minimum atomic E-state index is -4.64. The fourth-order valence-electron chi connectivity index (χ4n) is 0.732. The van der Waals surface area contributed by atoms with Gasteiger partial charge in [-0.2, -0.15) is 0 Å². The highest BCUT2D eigenvalue weighted by Crippen LogP contribution is 2.25. The second kappa shape index (κ2) is 6.92. The number of aliphatic carboxylic acids is 1. The van der Waals surface area contributed by atoms with E-state index in [0.717, 1.165) is 11.6 Å². The lowest BCUT2D eigenvalue weighted by Crippen LogP contribution is -1.85. The van der Waals surface area contributed by atoms with E-state index in [1.165, 1.54) is 0 Å². The van der Waals surface area contributed by atoms with E-state index in [4.69, 9.17) is 24.4 Å². The van der Waals surface area contributed by atoms with Crippen LogP contribution in [-0.4, -0.2) is 25.8 Å². The zero-order valence-electron chi connectivity index (χ0n) is 8.09. The fraction of sp³-hybridized carbons (Fsp3) is 0. The second-order valence-corrected chi connectivity index (χ2v) is 3.62. The first-order chi connectivity index (χ1) is 7.29. The van der Waals surface area contributed by atoms with Gasteiger partial charge in [0, 0.05) is 6.08 Å². The van der Waals surface area contributed by atoms with Crippen molar-refractivity contribution in [2.75, 3.05) is 0 Å². The number of carboxylic acid groups (broad SMARTS) is 1. The maximum atomic E-state index is 10.1. The van der Waals surface area contributed by atoms with Crippen molar-refractivity contribution >= 4 is 19.9 Å². The van der Waals surface area contributed by atoms with Crippen molar-refractivity contribution in [1.82, 2.24) is 0 Å². The molecule has 0 aliphatic heterocycles. The van der Waals surface area contributed by atoms with Crippen LogP contribution in [0.5, 0.6) is 0 Å². The smallest absolute Gasteiger partial charge is 0.466 e. The summed E-state index contributed by atoms with van der Waals surface area (Å²) in [4.78, 5) is 31.6. The van der Waals surface area contributed by atoms with Crippen LogP contribution in [0.3, 0.4) is 0 Å². The van der Waals surface area contributed by atoms with Gasteiger partial charge < -0.3 is 19.8 Å². The summed E-state index contributed by atoms with van der Waals surface area (Å²) in [6.07, 6.45) is 2.68. The van der Waals surface area contributed by atoms with E-state index in [0.29, 0.717) is 0 Å². The number of phosphoric acid groups is 1. The second-order valence-electron chi connectivity index (χ2n) is 2.60. The molecular formula is C9H11O6P. The third-order valence-electron chi connectivity index (χ3n) is 1.22. The van der Waals surface area contributed by atoms with Crippen molar-refractivity contribution in [3.8, 4) is 0 Å². The highest BCUT2D eigenvalue weighted by atomic mass is 31.2. The Hall–Kier alpha value is -1.46. The normalized spacial score (nSPS) is 10.7. The highest BCUT2D eigenvalue weighted by molar-refractivity contribution is 7.45. The third kappa shape index (κ3) is 12.5. The van der Waals surface area contributed by atoms with E-state index in [2.05, 4.69) is 0 Å². The first kappa shape index (κ1) is 14.5. The topological polar surface area (TPSA) is 115 Å². The molecule has 16 heavy (non-hydrogen) atoms. The van der Waals surface area contributed by atoms with Crippen LogP contribution in [0.15, 0.2) is 36.4 Å². The average Bonchev–Trinajstić information content (AvgIpc) is 2.14. The van der Waals surface area contributed by atoms with Gasteiger partial charge in [0.1, 0.15) is 0 Å². The number of carboxylic acids is 1. The molecule has 0 aromatic heterocycles. The zero-order chi connectivity index (χ0) is 12.6. The van der Waals surface area contributed by atoms with Gasteiger partial charge in [-0.1, -0.05) is 30.3 Å². The molecule has 0 fully saturated rings. The maximum Gasteiger partial charge on any atom is 0.466 e. The van der Waals surface area contributed by atoms with Crippen LogP contribution in [0.1, 0.15) is 5.56 Å². The summed E-state index contributed by atoms with van der Waals surface area (Å²) in [6.45, 7) is 0. The molecule has 6 nitrogen and oxygen atoms in total. The predicted octanol–water partition coefficient (Wildman–Crippen LogP) is 0.856.